The number of aldehydes is 1. The van der Waals surface area contributed by atoms with E-state index in [0.29, 0.717) is 11.1 Å². The van der Waals surface area contributed by atoms with Gasteiger partial charge in [0.2, 0.25) is 0 Å². The van der Waals surface area contributed by atoms with Crippen LogP contribution in [0.15, 0.2) is 48.5 Å². The van der Waals surface area contributed by atoms with Crippen molar-refractivity contribution in [3.63, 3.8) is 0 Å². The molecule has 0 spiro atoms. The van der Waals surface area contributed by atoms with Crippen molar-refractivity contribution in [3.8, 4) is 6.07 Å². The highest BCUT2D eigenvalue weighted by Gasteiger charge is 2.08. The van der Waals surface area contributed by atoms with Crippen molar-refractivity contribution < 1.29 is 4.79 Å². The Bertz CT molecular complexity index is 629. The zero-order chi connectivity index (χ0) is 14.4. The Balaban J connectivity index is 2.11. The molecule has 0 saturated heterocycles. The molecular weight excluding hydrogens is 248 g/mol. The molecule has 0 aliphatic carbocycles. The Morgan fingerprint density at radius 3 is 2.60 bits per heavy atom. The third kappa shape index (κ3) is 3.24. The molecule has 0 radical (unpaired) electrons. The average molecular weight is 264 g/mol. The first-order valence-corrected chi connectivity index (χ1v) is 6.49. The molecular formula is C17H16N2O. The maximum atomic E-state index is 10.7. The highest BCUT2D eigenvalue weighted by atomic mass is 16.1. The molecule has 0 saturated carbocycles. The predicted octanol–water partition coefficient (Wildman–Crippen LogP) is 3.05. The van der Waals surface area contributed by atoms with Crippen LogP contribution >= 0.6 is 0 Å². The number of rotatable bonds is 5. The highest BCUT2D eigenvalue weighted by Crippen LogP contribution is 2.20. The summed E-state index contributed by atoms with van der Waals surface area (Å²) in [5.74, 6) is 0. The number of carbonyl (C=O) groups excluding carboxylic acids is 1. The van der Waals surface area contributed by atoms with Gasteiger partial charge in [0, 0.05) is 19.2 Å². The van der Waals surface area contributed by atoms with Crippen LogP contribution in [-0.2, 0) is 6.42 Å². The molecule has 0 unspecified atom stereocenters. The second-order valence-corrected chi connectivity index (χ2v) is 4.66. The van der Waals surface area contributed by atoms with Gasteiger partial charge in [-0.05, 0) is 30.2 Å². The summed E-state index contributed by atoms with van der Waals surface area (Å²) >= 11 is 0. The van der Waals surface area contributed by atoms with Gasteiger partial charge in [0.15, 0.2) is 0 Å². The Morgan fingerprint density at radius 2 is 1.95 bits per heavy atom. The van der Waals surface area contributed by atoms with E-state index in [1.165, 1.54) is 5.56 Å². The van der Waals surface area contributed by atoms with E-state index in [0.717, 1.165) is 24.9 Å². The Hall–Kier alpha value is -2.60. The van der Waals surface area contributed by atoms with Crippen LogP contribution in [0.2, 0.25) is 0 Å². The van der Waals surface area contributed by atoms with Gasteiger partial charge in [-0.2, -0.15) is 5.26 Å². The quantitative estimate of drug-likeness (QED) is 0.780. The van der Waals surface area contributed by atoms with Gasteiger partial charge in [0.25, 0.3) is 0 Å². The molecule has 2 aromatic carbocycles. The zero-order valence-electron chi connectivity index (χ0n) is 11.4. The number of likely N-dealkylation sites (N-methyl/N-ethyl adjacent to an activating group) is 1. The third-order valence-corrected chi connectivity index (χ3v) is 3.27. The number of hydrogen-bond acceptors (Lipinski definition) is 3. The molecule has 0 aliphatic heterocycles. The summed E-state index contributed by atoms with van der Waals surface area (Å²) < 4.78 is 0. The molecule has 20 heavy (non-hydrogen) atoms. The standard InChI is InChI=1S/C17H16N2O/c1-19(10-9-14-5-3-2-4-6-14)17-8-7-15(13-20)11-16(17)12-18/h2-8,11,13H,9-10H2,1H3. The topological polar surface area (TPSA) is 44.1 Å². The van der Waals surface area contributed by atoms with Crippen molar-refractivity contribution in [2.24, 2.45) is 0 Å². The van der Waals surface area contributed by atoms with E-state index in [-0.39, 0.29) is 0 Å². The molecule has 3 heteroatoms. The maximum absolute atomic E-state index is 10.7. The molecule has 2 rings (SSSR count). The summed E-state index contributed by atoms with van der Waals surface area (Å²) in [6.07, 6.45) is 1.67. The van der Waals surface area contributed by atoms with E-state index in [2.05, 4.69) is 18.2 Å². The molecule has 0 aliphatic rings. The van der Waals surface area contributed by atoms with Crippen molar-refractivity contribution in [1.29, 1.82) is 5.26 Å². The minimum atomic E-state index is 0.529. The van der Waals surface area contributed by atoms with Crippen molar-refractivity contribution in [1.82, 2.24) is 0 Å². The molecule has 2 aromatic rings. The van der Waals surface area contributed by atoms with Crippen LogP contribution in [0.25, 0.3) is 0 Å². The van der Waals surface area contributed by atoms with Gasteiger partial charge in [-0.15, -0.1) is 0 Å². The van der Waals surface area contributed by atoms with Crippen LogP contribution < -0.4 is 4.90 Å². The number of carbonyl (C=O) groups is 1. The lowest BCUT2D eigenvalue weighted by molar-refractivity contribution is 0.112. The summed E-state index contributed by atoms with van der Waals surface area (Å²) in [5, 5.41) is 9.18. The molecule has 0 atom stereocenters. The van der Waals surface area contributed by atoms with Gasteiger partial charge < -0.3 is 4.90 Å². The fourth-order valence-electron chi connectivity index (χ4n) is 2.11. The lowest BCUT2D eigenvalue weighted by Crippen LogP contribution is -2.21. The van der Waals surface area contributed by atoms with Crippen molar-refractivity contribution in [2.75, 3.05) is 18.5 Å². The fraction of sp³-hybridized carbons (Fsp3) is 0.176. The normalized spacial score (nSPS) is 9.80. The molecule has 0 fully saturated rings. The number of benzene rings is 2. The maximum Gasteiger partial charge on any atom is 0.150 e. The summed E-state index contributed by atoms with van der Waals surface area (Å²) in [6.45, 7) is 0.819. The highest BCUT2D eigenvalue weighted by molar-refractivity contribution is 5.78. The van der Waals surface area contributed by atoms with E-state index >= 15 is 0 Å². The molecule has 3 nitrogen and oxygen atoms in total. The van der Waals surface area contributed by atoms with Crippen molar-refractivity contribution in [3.05, 3.63) is 65.2 Å². The van der Waals surface area contributed by atoms with E-state index < -0.39 is 0 Å². The van der Waals surface area contributed by atoms with Gasteiger partial charge in [-0.25, -0.2) is 0 Å². The number of nitrogens with zero attached hydrogens (tertiary/aromatic N) is 2. The predicted molar refractivity (Wildman–Crippen MR) is 80.0 cm³/mol. The number of anilines is 1. The lowest BCUT2D eigenvalue weighted by atomic mass is 10.1. The van der Waals surface area contributed by atoms with Gasteiger partial charge in [-0.1, -0.05) is 30.3 Å². The summed E-state index contributed by atoms with van der Waals surface area (Å²) in [5.41, 5.74) is 3.18. The summed E-state index contributed by atoms with van der Waals surface area (Å²) in [6, 6.07) is 17.6. The first-order valence-electron chi connectivity index (χ1n) is 6.49. The Kier molecular flexibility index (Phi) is 4.52. The van der Waals surface area contributed by atoms with E-state index in [4.69, 9.17) is 0 Å². The zero-order valence-corrected chi connectivity index (χ0v) is 11.4. The Morgan fingerprint density at radius 1 is 1.20 bits per heavy atom. The van der Waals surface area contributed by atoms with Gasteiger partial charge >= 0.3 is 0 Å². The third-order valence-electron chi connectivity index (χ3n) is 3.27. The van der Waals surface area contributed by atoms with Crippen LogP contribution in [-0.4, -0.2) is 19.9 Å². The van der Waals surface area contributed by atoms with Crippen LogP contribution in [0.4, 0.5) is 5.69 Å². The molecule has 0 N–H and O–H groups in total. The van der Waals surface area contributed by atoms with Crippen LogP contribution in [0, 0.1) is 11.3 Å². The van der Waals surface area contributed by atoms with E-state index in [1.54, 1.807) is 12.1 Å². The molecule has 0 amide bonds. The largest absolute Gasteiger partial charge is 0.373 e. The van der Waals surface area contributed by atoms with Crippen LogP contribution in [0.1, 0.15) is 21.5 Å². The first kappa shape index (κ1) is 13.8. The number of nitriles is 1. The lowest BCUT2D eigenvalue weighted by Gasteiger charge is -2.20. The fourth-order valence-corrected chi connectivity index (χ4v) is 2.11. The van der Waals surface area contributed by atoms with E-state index in [9.17, 15) is 10.1 Å². The molecule has 0 aromatic heterocycles. The number of hydrogen-bond donors (Lipinski definition) is 0. The Labute approximate surface area is 119 Å². The minimum Gasteiger partial charge on any atom is -0.373 e. The molecule has 100 valence electrons. The molecule has 0 heterocycles. The monoisotopic (exact) mass is 264 g/mol. The van der Waals surface area contributed by atoms with Gasteiger partial charge in [-0.3, -0.25) is 4.79 Å². The molecule has 0 bridgehead atoms. The summed E-state index contributed by atoms with van der Waals surface area (Å²) in [4.78, 5) is 12.8. The SMILES string of the molecule is CN(CCc1ccccc1)c1ccc(C=O)cc1C#N. The van der Waals surface area contributed by atoms with Gasteiger partial charge in [0.1, 0.15) is 12.4 Å². The minimum absolute atomic E-state index is 0.529. The second kappa shape index (κ2) is 6.53. The first-order chi connectivity index (χ1) is 9.74. The second-order valence-electron chi connectivity index (χ2n) is 4.66. The van der Waals surface area contributed by atoms with Crippen LogP contribution in [0.3, 0.4) is 0 Å². The van der Waals surface area contributed by atoms with Crippen molar-refractivity contribution >= 4 is 12.0 Å². The summed E-state index contributed by atoms with van der Waals surface area (Å²) in [7, 11) is 1.96. The van der Waals surface area contributed by atoms with E-state index in [1.807, 2.05) is 36.2 Å². The van der Waals surface area contributed by atoms with Crippen LogP contribution in [0.5, 0.6) is 0 Å². The average Bonchev–Trinajstić information content (AvgIpc) is 2.52. The van der Waals surface area contributed by atoms with Gasteiger partial charge in [0.05, 0.1) is 11.3 Å². The smallest absolute Gasteiger partial charge is 0.150 e. The van der Waals surface area contributed by atoms with Crippen molar-refractivity contribution in [2.45, 2.75) is 6.42 Å².